The summed E-state index contributed by atoms with van der Waals surface area (Å²) < 4.78 is 6.49. The normalized spacial score (nSPS) is 21.0. The number of ether oxygens (including phenoxy) is 1. The maximum absolute atomic E-state index is 5.23. The summed E-state index contributed by atoms with van der Waals surface area (Å²) in [5, 5.41) is 0. The molecule has 1 heterocycles. The van der Waals surface area contributed by atoms with Crippen molar-refractivity contribution in [1.29, 1.82) is 0 Å². The SMILES string of the molecule is CC[N+](CC)(CC)CCC1CO1.[Br-]. The predicted molar refractivity (Wildman–Crippen MR) is 51.1 cm³/mol. The van der Waals surface area contributed by atoms with Crippen molar-refractivity contribution in [3.05, 3.63) is 0 Å². The minimum atomic E-state index is 0. The van der Waals surface area contributed by atoms with Gasteiger partial charge in [0.1, 0.15) is 0 Å². The van der Waals surface area contributed by atoms with E-state index in [4.69, 9.17) is 4.74 Å². The van der Waals surface area contributed by atoms with Gasteiger partial charge in [-0.25, -0.2) is 0 Å². The number of rotatable bonds is 6. The molecule has 1 aliphatic rings. The van der Waals surface area contributed by atoms with Crippen molar-refractivity contribution in [2.24, 2.45) is 0 Å². The number of hydrogen-bond acceptors (Lipinski definition) is 1. The van der Waals surface area contributed by atoms with Crippen LogP contribution < -0.4 is 17.0 Å². The van der Waals surface area contributed by atoms with Gasteiger partial charge in [-0.2, -0.15) is 0 Å². The number of hydrogen-bond donors (Lipinski definition) is 0. The van der Waals surface area contributed by atoms with Crippen LogP contribution in [-0.2, 0) is 4.74 Å². The Bertz CT molecular complexity index is 125. The first-order valence-corrected chi connectivity index (χ1v) is 5.23. The Labute approximate surface area is 92.6 Å². The first-order valence-electron chi connectivity index (χ1n) is 5.23. The van der Waals surface area contributed by atoms with E-state index < -0.39 is 0 Å². The number of quaternary nitrogens is 1. The third-order valence-corrected chi connectivity index (χ3v) is 3.34. The van der Waals surface area contributed by atoms with Gasteiger partial charge in [0.2, 0.25) is 0 Å². The molecule has 2 nitrogen and oxygen atoms in total. The van der Waals surface area contributed by atoms with Crippen molar-refractivity contribution in [2.75, 3.05) is 32.8 Å². The number of nitrogens with zero attached hydrogens (tertiary/aromatic N) is 1. The Kier molecular flexibility index (Phi) is 6.18. The van der Waals surface area contributed by atoms with Gasteiger partial charge < -0.3 is 26.2 Å². The quantitative estimate of drug-likeness (QED) is 0.421. The molecule has 1 rings (SSSR count). The van der Waals surface area contributed by atoms with Gasteiger partial charge in [0.15, 0.2) is 0 Å². The summed E-state index contributed by atoms with van der Waals surface area (Å²) >= 11 is 0. The minimum absolute atomic E-state index is 0. The van der Waals surface area contributed by atoms with Crippen LogP contribution in [0.4, 0.5) is 0 Å². The van der Waals surface area contributed by atoms with Crippen LogP contribution in [0.3, 0.4) is 0 Å². The second-order valence-corrected chi connectivity index (χ2v) is 3.76. The highest BCUT2D eigenvalue weighted by atomic mass is 79.9. The van der Waals surface area contributed by atoms with Crippen LogP contribution in [0, 0.1) is 0 Å². The molecule has 0 N–H and O–H groups in total. The van der Waals surface area contributed by atoms with Crippen molar-refractivity contribution >= 4 is 0 Å². The summed E-state index contributed by atoms with van der Waals surface area (Å²) in [6.45, 7) is 13.0. The van der Waals surface area contributed by atoms with Crippen LogP contribution >= 0.6 is 0 Å². The van der Waals surface area contributed by atoms with Crippen LogP contribution in [0.5, 0.6) is 0 Å². The summed E-state index contributed by atoms with van der Waals surface area (Å²) in [6, 6.07) is 0. The van der Waals surface area contributed by atoms with Gasteiger partial charge in [-0.3, -0.25) is 0 Å². The van der Waals surface area contributed by atoms with E-state index in [1.54, 1.807) is 0 Å². The molecule has 1 saturated heterocycles. The molecule has 0 aromatic rings. The molecule has 3 heteroatoms. The Hall–Kier alpha value is 0.400. The van der Waals surface area contributed by atoms with Crippen molar-refractivity contribution < 1.29 is 26.2 Å². The van der Waals surface area contributed by atoms with Crippen molar-refractivity contribution in [2.45, 2.75) is 33.3 Å². The van der Waals surface area contributed by atoms with Gasteiger partial charge in [-0.15, -0.1) is 0 Å². The van der Waals surface area contributed by atoms with Crippen LogP contribution in [0.15, 0.2) is 0 Å². The van der Waals surface area contributed by atoms with Gasteiger partial charge in [-0.1, -0.05) is 0 Å². The van der Waals surface area contributed by atoms with Crippen LogP contribution in [-0.4, -0.2) is 43.4 Å². The molecular weight excluding hydrogens is 230 g/mol. The van der Waals surface area contributed by atoms with Gasteiger partial charge in [0, 0.05) is 6.42 Å². The second kappa shape index (κ2) is 5.99. The maximum Gasteiger partial charge on any atom is 0.0863 e. The molecule has 0 amide bonds. The van der Waals surface area contributed by atoms with Crippen LogP contribution in [0.1, 0.15) is 27.2 Å². The Balaban J connectivity index is 0.00000144. The number of epoxide rings is 1. The molecule has 1 atom stereocenters. The van der Waals surface area contributed by atoms with E-state index in [9.17, 15) is 0 Å². The predicted octanol–water partition coefficient (Wildman–Crippen LogP) is -1.34. The molecule has 1 fully saturated rings. The molecule has 0 bridgehead atoms. The average Bonchev–Trinajstić information content (AvgIpc) is 2.92. The highest BCUT2D eigenvalue weighted by molar-refractivity contribution is 4.68. The molecule has 0 aliphatic carbocycles. The summed E-state index contributed by atoms with van der Waals surface area (Å²) in [4.78, 5) is 0. The molecule has 13 heavy (non-hydrogen) atoms. The van der Waals surface area contributed by atoms with Crippen LogP contribution in [0.25, 0.3) is 0 Å². The van der Waals surface area contributed by atoms with E-state index in [2.05, 4.69) is 20.8 Å². The highest BCUT2D eigenvalue weighted by Crippen LogP contribution is 2.17. The van der Waals surface area contributed by atoms with Gasteiger partial charge in [0.05, 0.1) is 38.9 Å². The molecule has 1 aliphatic heterocycles. The van der Waals surface area contributed by atoms with E-state index in [1.807, 2.05) is 0 Å². The Morgan fingerprint density at radius 3 is 1.92 bits per heavy atom. The first kappa shape index (κ1) is 13.4. The second-order valence-electron chi connectivity index (χ2n) is 3.76. The van der Waals surface area contributed by atoms with Gasteiger partial charge in [0.25, 0.3) is 0 Å². The molecule has 1 unspecified atom stereocenters. The van der Waals surface area contributed by atoms with Gasteiger partial charge >= 0.3 is 0 Å². The fourth-order valence-electron chi connectivity index (χ4n) is 1.80. The summed E-state index contributed by atoms with van der Waals surface area (Å²) in [5.41, 5.74) is 0. The van der Waals surface area contributed by atoms with Gasteiger partial charge in [-0.05, 0) is 20.8 Å². The van der Waals surface area contributed by atoms with Crippen molar-refractivity contribution in [1.82, 2.24) is 0 Å². The maximum atomic E-state index is 5.23. The lowest BCUT2D eigenvalue weighted by Crippen LogP contribution is -3.00. The minimum Gasteiger partial charge on any atom is -1.00 e. The summed E-state index contributed by atoms with van der Waals surface area (Å²) in [6.07, 6.45) is 1.86. The zero-order chi connectivity index (χ0) is 9.03. The van der Waals surface area contributed by atoms with E-state index >= 15 is 0 Å². The fraction of sp³-hybridized carbons (Fsp3) is 1.00. The lowest BCUT2D eigenvalue weighted by molar-refractivity contribution is -0.923. The average molecular weight is 252 g/mol. The van der Waals surface area contributed by atoms with Crippen LogP contribution in [0.2, 0.25) is 0 Å². The van der Waals surface area contributed by atoms with E-state index in [-0.39, 0.29) is 17.0 Å². The topological polar surface area (TPSA) is 12.5 Å². The summed E-state index contributed by atoms with van der Waals surface area (Å²) in [5.74, 6) is 0. The smallest absolute Gasteiger partial charge is 0.0863 e. The zero-order valence-corrected chi connectivity index (χ0v) is 10.6. The number of halogens is 1. The fourth-order valence-corrected chi connectivity index (χ4v) is 1.80. The van der Waals surface area contributed by atoms with E-state index in [0.717, 1.165) is 6.61 Å². The molecule has 0 aromatic heterocycles. The van der Waals surface area contributed by atoms with E-state index in [0.29, 0.717) is 6.10 Å². The Morgan fingerprint density at radius 2 is 1.62 bits per heavy atom. The molecule has 80 valence electrons. The third-order valence-electron chi connectivity index (χ3n) is 3.34. The van der Waals surface area contributed by atoms with Crippen molar-refractivity contribution in [3.8, 4) is 0 Å². The molecule has 0 spiro atoms. The molecular formula is C10H22BrNO. The largest absolute Gasteiger partial charge is 1.00 e. The van der Waals surface area contributed by atoms with Crippen molar-refractivity contribution in [3.63, 3.8) is 0 Å². The Morgan fingerprint density at radius 1 is 1.15 bits per heavy atom. The highest BCUT2D eigenvalue weighted by Gasteiger charge is 2.28. The molecule has 0 aromatic carbocycles. The first-order chi connectivity index (χ1) is 5.76. The molecule has 0 saturated carbocycles. The zero-order valence-electron chi connectivity index (χ0n) is 9.05. The van der Waals surface area contributed by atoms with E-state index in [1.165, 1.54) is 37.1 Å². The third kappa shape index (κ3) is 3.96. The lowest BCUT2D eigenvalue weighted by Gasteiger charge is -2.35. The lowest BCUT2D eigenvalue weighted by atomic mass is 10.2. The standard InChI is InChI=1S/C10H22NO.BrH/c1-4-11(5-2,6-3)8-7-10-9-12-10;/h10H,4-9H2,1-3H3;1H/q+1;/p-1. The summed E-state index contributed by atoms with van der Waals surface area (Å²) in [7, 11) is 0. The monoisotopic (exact) mass is 251 g/mol. The molecule has 0 radical (unpaired) electrons.